The first-order chi connectivity index (χ1) is 13.3. The van der Waals surface area contributed by atoms with Gasteiger partial charge in [0, 0.05) is 30.1 Å². The Labute approximate surface area is 163 Å². The van der Waals surface area contributed by atoms with Crippen molar-refractivity contribution in [3.05, 3.63) is 65.7 Å². The first-order valence-corrected chi connectivity index (χ1v) is 9.32. The van der Waals surface area contributed by atoms with Crippen LogP contribution in [0, 0.1) is 5.82 Å². The van der Waals surface area contributed by atoms with Crippen molar-refractivity contribution in [2.75, 3.05) is 11.4 Å². The van der Waals surface area contributed by atoms with Gasteiger partial charge in [0.05, 0.1) is 0 Å². The highest BCUT2D eigenvalue weighted by atomic mass is 19.1. The van der Waals surface area contributed by atoms with Gasteiger partial charge in [0.2, 0.25) is 5.91 Å². The minimum absolute atomic E-state index is 0.0301. The maximum atomic E-state index is 13.1. The lowest BCUT2D eigenvalue weighted by molar-refractivity contribution is -0.117. The highest BCUT2D eigenvalue weighted by Crippen LogP contribution is 2.32. The molecule has 2 heterocycles. The number of benzene rings is 2. The molecular formula is C22H22FN3O2. The first kappa shape index (κ1) is 18.3. The number of halogens is 1. The van der Waals surface area contributed by atoms with Gasteiger partial charge in [-0.05, 0) is 47.4 Å². The average molecular weight is 379 g/mol. The summed E-state index contributed by atoms with van der Waals surface area (Å²) in [5, 5.41) is 4.10. The third-order valence-corrected chi connectivity index (χ3v) is 5.07. The second-order valence-electron chi connectivity index (χ2n) is 8.17. The fraction of sp³-hybridized carbons (Fsp3) is 0.318. The van der Waals surface area contributed by atoms with Gasteiger partial charge in [0.15, 0.2) is 5.82 Å². The van der Waals surface area contributed by atoms with Crippen molar-refractivity contribution in [1.82, 2.24) is 10.1 Å². The summed E-state index contributed by atoms with van der Waals surface area (Å²) in [6.45, 7) is 6.94. The van der Waals surface area contributed by atoms with Crippen LogP contribution in [0.1, 0.15) is 44.5 Å². The smallest absolute Gasteiger partial charge is 0.257 e. The number of rotatable bonds is 3. The van der Waals surface area contributed by atoms with Crippen LogP contribution in [0.5, 0.6) is 0 Å². The summed E-state index contributed by atoms with van der Waals surface area (Å²) in [7, 11) is 0. The van der Waals surface area contributed by atoms with E-state index in [4.69, 9.17) is 4.52 Å². The molecule has 0 saturated carbocycles. The summed E-state index contributed by atoms with van der Waals surface area (Å²) in [6.07, 6.45) is 0.305. The molecule has 5 nitrogen and oxygen atoms in total. The molecular weight excluding hydrogens is 357 g/mol. The van der Waals surface area contributed by atoms with E-state index < -0.39 is 0 Å². The summed E-state index contributed by atoms with van der Waals surface area (Å²) >= 11 is 0. The molecule has 1 aliphatic heterocycles. The second-order valence-corrected chi connectivity index (χ2v) is 8.17. The zero-order chi connectivity index (χ0) is 19.9. The monoisotopic (exact) mass is 379 g/mol. The molecule has 1 fully saturated rings. The fourth-order valence-electron chi connectivity index (χ4n) is 3.38. The number of nitrogens with zero attached hydrogens (tertiary/aromatic N) is 3. The zero-order valence-electron chi connectivity index (χ0n) is 16.1. The van der Waals surface area contributed by atoms with Crippen LogP contribution < -0.4 is 4.90 Å². The predicted octanol–water partition coefficient (Wildman–Crippen LogP) is 4.69. The molecule has 4 rings (SSSR count). The number of carbonyl (C=O) groups excluding carboxylic acids is 1. The van der Waals surface area contributed by atoms with E-state index in [-0.39, 0.29) is 23.1 Å². The van der Waals surface area contributed by atoms with Gasteiger partial charge >= 0.3 is 0 Å². The summed E-state index contributed by atoms with van der Waals surface area (Å²) in [5.74, 6) is 0.463. The van der Waals surface area contributed by atoms with Gasteiger partial charge in [-0.25, -0.2) is 4.39 Å². The van der Waals surface area contributed by atoms with Crippen LogP contribution in [0.2, 0.25) is 0 Å². The van der Waals surface area contributed by atoms with Gasteiger partial charge in [0.25, 0.3) is 5.89 Å². The molecule has 1 atom stereocenters. The Kier molecular flexibility index (Phi) is 4.49. The highest BCUT2D eigenvalue weighted by molar-refractivity contribution is 5.96. The number of carbonyl (C=O) groups is 1. The molecule has 1 aliphatic rings. The van der Waals surface area contributed by atoms with E-state index in [1.165, 1.54) is 17.7 Å². The maximum absolute atomic E-state index is 13.1. The van der Waals surface area contributed by atoms with E-state index in [1.807, 2.05) is 12.1 Å². The van der Waals surface area contributed by atoms with Gasteiger partial charge in [0.1, 0.15) is 5.82 Å². The predicted molar refractivity (Wildman–Crippen MR) is 105 cm³/mol. The number of aromatic nitrogens is 2. The van der Waals surface area contributed by atoms with Gasteiger partial charge in [-0.15, -0.1) is 0 Å². The van der Waals surface area contributed by atoms with E-state index >= 15 is 0 Å². The van der Waals surface area contributed by atoms with Crippen LogP contribution in [-0.2, 0) is 10.2 Å². The maximum Gasteiger partial charge on any atom is 0.257 e. The first-order valence-electron chi connectivity index (χ1n) is 9.32. The number of hydrogen-bond donors (Lipinski definition) is 0. The minimum Gasteiger partial charge on any atom is -0.334 e. The third-order valence-electron chi connectivity index (χ3n) is 5.07. The molecule has 1 saturated heterocycles. The van der Waals surface area contributed by atoms with Crippen LogP contribution >= 0.6 is 0 Å². The molecule has 28 heavy (non-hydrogen) atoms. The molecule has 0 spiro atoms. The number of hydrogen-bond acceptors (Lipinski definition) is 4. The van der Waals surface area contributed by atoms with Crippen LogP contribution in [0.3, 0.4) is 0 Å². The summed E-state index contributed by atoms with van der Waals surface area (Å²) in [5.41, 5.74) is 2.83. The van der Waals surface area contributed by atoms with Gasteiger partial charge in [-0.2, -0.15) is 4.98 Å². The summed E-state index contributed by atoms with van der Waals surface area (Å²) in [4.78, 5) is 18.5. The molecule has 0 radical (unpaired) electrons. The standard InChI is InChI=1S/C22H22FN3O2/c1-22(2,3)16-6-4-14(5-7-16)21-24-20(25-28-21)15-12-19(27)26(13-15)18-10-8-17(23)9-11-18/h4-11,15H,12-13H2,1-3H3/t15-/m1/s1. The largest absolute Gasteiger partial charge is 0.334 e. The van der Waals surface area contributed by atoms with E-state index in [0.29, 0.717) is 30.4 Å². The number of anilines is 1. The Balaban J connectivity index is 1.52. The van der Waals surface area contributed by atoms with E-state index in [9.17, 15) is 9.18 Å². The Morgan fingerprint density at radius 3 is 2.39 bits per heavy atom. The van der Waals surface area contributed by atoms with E-state index in [0.717, 1.165) is 5.56 Å². The molecule has 0 unspecified atom stereocenters. The van der Waals surface area contributed by atoms with E-state index in [1.54, 1.807) is 17.0 Å². The van der Waals surface area contributed by atoms with Crippen molar-refractivity contribution in [2.45, 2.75) is 38.5 Å². The second kappa shape index (κ2) is 6.86. The zero-order valence-corrected chi connectivity index (χ0v) is 16.1. The normalized spacial score (nSPS) is 17.4. The van der Waals surface area contributed by atoms with Crippen molar-refractivity contribution in [2.24, 2.45) is 0 Å². The topological polar surface area (TPSA) is 59.2 Å². The van der Waals surface area contributed by atoms with Gasteiger partial charge in [-0.3, -0.25) is 4.79 Å². The van der Waals surface area contributed by atoms with E-state index in [2.05, 4.69) is 43.0 Å². The molecule has 1 amide bonds. The Bertz CT molecular complexity index is 988. The molecule has 2 aromatic carbocycles. The molecule has 0 aliphatic carbocycles. The highest BCUT2D eigenvalue weighted by Gasteiger charge is 2.34. The Morgan fingerprint density at radius 1 is 1.07 bits per heavy atom. The van der Waals surface area contributed by atoms with Crippen molar-refractivity contribution in [3.63, 3.8) is 0 Å². The third kappa shape index (κ3) is 3.54. The molecule has 6 heteroatoms. The fourth-order valence-corrected chi connectivity index (χ4v) is 3.38. The lowest BCUT2D eigenvalue weighted by atomic mass is 9.87. The van der Waals surface area contributed by atoms with Crippen molar-refractivity contribution >= 4 is 11.6 Å². The van der Waals surface area contributed by atoms with Gasteiger partial charge in [-0.1, -0.05) is 38.1 Å². The molecule has 3 aromatic rings. The quantitative estimate of drug-likeness (QED) is 0.662. The summed E-state index contributed by atoms with van der Waals surface area (Å²) < 4.78 is 18.6. The SMILES string of the molecule is CC(C)(C)c1ccc(-c2nc([C@@H]3CC(=O)N(c4ccc(F)cc4)C3)no2)cc1. The Hall–Kier alpha value is -3.02. The summed E-state index contributed by atoms with van der Waals surface area (Å²) in [6, 6.07) is 14.0. The van der Waals surface area contributed by atoms with Crippen molar-refractivity contribution < 1.29 is 13.7 Å². The van der Waals surface area contributed by atoms with Crippen molar-refractivity contribution in [3.8, 4) is 11.5 Å². The minimum atomic E-state index is -0.327. The average Bonchev–Trinajstić information content (AvgIpc) is 3.29. The van der Waals surface area contributed by atoms with Crippen LogP contribution in [-0.4, -0.2) is 22.6 Å². The van der Waals surface area contributed by atoms with Gasteiger partial charge < -0.3 is 9.42 Å². The lowest BCUT2D eigenvalue weighted by Gasteiger charge is -2.18. The van der Waals surface area contributed by atoms with Crippen molar-refractivity contribution in [1.29, 1.82) is 0 Å². The number of amides is 1. The van der Waals surface area contributed by atoms with Crippen LogP contribution in [0.4, 0.5) is 10.1 Å². The van der Waals surface area contributed by atoms with Crippen LogP contribution in [0.25, 0.3) is 11.5 Å². The lowest BCUT2D eigenvalue weighted by Crippen LogP contribution is -2.24. The molecule has 144 valence electrons. The molecule has 0 bridgehead atoms. The molecule has 1 aromatic heterocycles. The molecule has 0 N–H and O–H groups in total. The Morgan fingerprint density at radius 2 is 1.75 bits per heavy atom. The van der Waals surface area contributed by atoms with Crippen LogP contribution in [0.15, 0.2) is 53.1 Å².